The number of allylic oxidation sites excluding steroid dienone is 8. The highest BCUT2D eigenvalue weighted by molar-refractivity contribution is 6.10. The lowest BCUT2D eigenvalue weighted by Gasteiger charge is -2.17. The molecule has 0 spiro atoms. The number of ketones is 3. The first-order chi connectivity index (χ1) is 14.0. The molecule has 168 valence electrons. The number of hydrogen-bond donors (Lipinski definition) is 0. The van der Waals surface area contributed by atoms with Crippen molar-refractivity contribution in [3.05, 3.63) is 46.6 Å². The smallest absolute Gasteiger partial charge is 0.154 e. The van der Waals surface area contributed by atoms with Crippen LogP contribution in [0.25, 0.3) is 0 Å². The van der Waals surface area contributed by atoms with E-state index in [1.54, 1.807) is 0 Å². The van der Waals surface area contributed by atoms with Gasteiger partial charge in [0.15, 0.2) is 5.78 Å². The van der Waals surface area contributed by atoms with Gasteiger partial charge in [-0.05, 0) is 93.9 Å². The van der Waals surface area contributed by atoms with Gasteiger partial charge in [-0.15, -0.1) is 0 Å². The zero-order chi connectivity index (χ0) is 23.3. The number of carbonyl (C=O) groups is 3. The van der Waals surface area contributed by atoms with E-state index in [4.69, 9.17) is 0 Å². The van der Waals surface area contributed by atoms with Crippen LogP contribution >= 0.6 is 0 Å². The number of Topliss-reactive ketones (excluding diaryl/α,β-unsaturated/α-hetero) is 3. The molecular weight excluding hydrogens is 372 g/mol. The minimum absolute atomic E-state index is 0.163. The van der Waals surface area contributed by atoms with Gasteiger partial charge in [0.25, 0.3) is 0 Å². The van der Waals surface area contributed by atoms with E-state index in [9.17, 15) is 14.4 Å². The van der Waals surface area contributed by atoms with Crippen LogP contribution in [0.3, 0.4) is 0 Å². The Hall–Kier alpha value is -2.03. The lowest BCUT2D eigenvalue weighted by molar-refractivity contribution is -0.137. The predicted molar refractivity (Wildman–Crippen MR) is 127 cm³/mol. The van der Waals surface area contributed by atoms with E-state index in [0.29, 0.717) is 12.8 Å². The monoisotopic (exact) mass is 414 g/mol. The zero-order valence-electron chi connectivity index (χ0n) is 20.4. The van der Waals surface area contributed by atoms with Crippen LogP contribution in [0.1, 0.15) is 93.9 Å². The molecule has 3 nitrogen and oxygen atoms in total. The molecule has 0 amide bonds. The molecule has 0 bridgehead atoms. The maximum Gasteiger partial charge on any atom is 0.154 e. The van der Waals surface area contributed by atoms with Gasteiger partial charge in [0.05, 0.1) is 11.8 Å². The third-order valence-corrected chi connectivity index (χ3v) is 5.25. The Morgan fingerprint density at radius 1 is 0.567 bits per heavy atom. The molecule has 0 saturated heterocycles. The third kappa shape index (κ3) is 12.5. The molecule has 0 aromatic heterocycles. The Bertz CT molecular complexity index is 648. The van der Waals surface area contributed by atoms with Gasteiger partial charge in [0.2, 0.25) is 0 Å². The molecule has 0 aliphatic heterocycles. The first-order valence-corrected chi connectivity index (χ1v) is 11.1. The molecule has 2 unspecified atom stereocenters. The fourth-order valence-electron chi connectivity index (χ4n) is 3.23. The second kappa shape index (κ2) is 14.9. The molecule has 0 saturated carbocycles. The molecule has 0 radical (unpaired) electrons. The van der Waals surface area contributed by atoms with E-state index in [2.05, 4.69) is 39.8 Å². The van der Waals surface area contributed by atoms with Gasteiger partial charge >= 0.3 is 0 Å². The normalized spacial score (nSPS) is 14.0. The van der Waals surface area contributed by atoms with Gasteiger partial charge in [0.1, 0.15) is 11.6 Å². The van der Waals surface area contributed by atoms with Gasteiger partial charge in [0, 0.05) is 0 Å². The first-order valence-electron chi connectivity index (χ1n) is 11.1. The summed E-state index contributed by atoms with van der Waals surface area (Å²) in [6.07, 6.45) is 12.8. The molecule has 0 aromatic rings. The maximum atomic E-state index is 13.0. The Morgan fingerprint density at radius 3 is 1.17 bits per heavy atom. The molecule has 0 fully saturated rings. The predicted octanol–water partition coefficient (Wildman–Crippen LogP) is 7.13. The highest BCUT2D eigenvalue weighted by atomic mass is 16.2. The van der Waals surface area contributed by atoms with Crippen LogP contribution in [-0.2, 0) is 14.4 Å². The summed E-state index contributed by atoms with van der Waals surface area (Å²) >= 11 is 0. The Kier molecular flexibility index (Phi) is 13.9. The van der Waals surface area contributed by atoms with E-state index >= 15 is 0 Å². The second-order valence-corrected chi connectivity index (χ2v) is 8.94. The van der Waals surface area contributed by atoms with Crippen LogP contribution in [0.15, 0.2) is 46.6 Å². The molecule has 2 atom stereocenters. The van der Waals surface area contributed by atoms with Crippen molar-refractivity contribution in [2.45, 2.75) is 93.9 Å². The lowest BCUT2D eigenvalue weighted by atomic mass is 9.83. The molecular formula is C27H42O3. The fraction of sp³-hybridized carbons (Fsp3) is 0.593. The van der Waals surface area contributed by atoms with E-state index < -0.39 is 11.8 Å². The molecule has 0 aromatic carbocycles. The van der Waals surface area contributed by atoms with Crippen molar-refractivity contribution in [2.24, 2.45) is 11.8 Å². The van der Waals surface area contributed by atoms with Crippen molar-refractivity contribution >= 4 is 17.3 Å². The summed E-state index contributed by atoms with van der Waals surface area (Å²) < 4.78 is 0. The van der Waals surface area contributed by atoms with Crippen molar-refractivity contribution < 1.29 is 14.4 Å². The molecule has 0 aliphatic rings. The molecule has 30 heavy (non-hydrogen) atoms. The van der Waals surface area contributed by atoms with Crippen LogP contribution in [0.4, 0.5) is 0 Å². The standard InChI is InChI=1S/C27H42O3/c1-19(2)11-9-13-21(5)15-17-25(23(7)28)27(30)26(24(8)29)18-16-22(6)14-10-12-20(3)4/h11-12,15-16,25-26H,9-10,13-14,17-18H2,1-8H3/b21-15+,22-16+. The van der Waals surface area contributed by atoms with Crippen molar-refractivity contribution in [1.82, 2.24) is 0 Å². The lowest BCUT2D eigenvalue weighted by Crippen LogP contribution is -2.32. The number of rotatable bonds is 14. The largest absolute Gasteiger partial charge is 0.299 e. The molecule has 3 heteroatoms. The molecule has 0 aliphatic carbocycles. The summed E-state index contributed by atoms with van der Waals surface area (Å²) in [4.78, 5) is 37.4. The SMILES string of the molecule is CC(=O)C(C/C=C(\C)CCC=C(C)C)C(=O)C(C/C=C(\C)CCC=C(C)C)C(C)=O. The van der Waals surface area contributed by atoms with Gasteiger partial charge in [-0.2, -0.15) is 0 Å². The summed E-state index contributed by atoms with van der Waals surface area (Å²) in [5.41, 5.74) is 4.91. The Labute approximate surface area is 184 Å². The summed E-state index contributed by atoms with van der Waals surface area (Å²) in [6, 6.07) is 0. The minimum atomic E-state index is -0.739. The minimum Gasteiger partial charge on any atom is -0.299 e. The van der Waals surface area contributed by atoms with E-state index in [1.165, 1.54) is 36.1 Å². The third-order valence-electron chi connectivity index (χ3n) is 5.25. The maximum absolute atomic E-state index is 13.0. The summed E-state index contributed by atoms with van der Waals surface area (Å²) in [6.45, 7) is 15.3. The highest BCUT2D eigenvalue weighted by Crippen LogP contribution is 2.21. The Balaban J connectivity index is 5.16. The highest BCUT2D eigenvalue weighted by Gasteiger charge is 2.31. The van der Waals surface area contributed by atoms with Crippen LogP contribution in [0.5, 0.6) is 0 Å². The van der Waals surface area contributed by atoms with Crippen LogP contribution < -0.4 is 0 Å². The van der Waals surface area contributed by atoms with Crippen LogP contribution in [0, 0.1) is 11.8 Å². The van der Waals surface area contributed by atoms with Crippen molar-refractivity contribution in [3.63, 3.8) is 0 Å². The summed E-state index contributed by atoms with van der Waals surface area (Å²) in [5, 5.41) is 0. The summed E-state index contributed by atoms with van der Waals surface area (Å²) in [5.74, 6) is -2.04. The van der Waals surface area contributed by atoms with Crippen molar-refractivity contribution in [3.8, 4) is 0 Å². The number of carbonyl (C=O) groups excluding carboxylic acids is 3. The van der Waals surface area contributed by atoms with Crippen molar-refractivity contribution in [1.29, 1.82) is 0 Å². The zero-order valence-corrected chi connectivity index (χ0v) is 20.4. The van der Waals surface area contributed by atoms with Crippen LogP contribution in [-0.4, -0.2) is 17.3 Å². The average molecular weight is 415 g/mol. The summed E-state index contributed by atoms with van der Waals surface area (Å²) in [7, 11) is 0. The van der Waals surface area contributed by atoms with E-state index in [1.807, 2.05) is 26.0 Å². The van der Waals surface area contributed by atoms with E-state index in [0.717, 1.165) is 25.7 Å². The molecule has 0 rings (SSSR count). The Morgan fingerprint density at radius 2 is 0.900 bits per heavy atom. The van der Waals surface area contributed by atoms with Gasteiger partial charge < -0.3 is 0 Å². The van der Waals surface area contributed by atoms with Gasteiger partial charge in [-0.25, -0.2) is 0 Å². The van der Waals surface area contributed by atoms with Crippen molar-refractivity contribution in [2.75, 3.05) is 0 Å². The van der Waals surface area contributed by atoms with E-state index in [-0.39, 0.29) is 17.3 Å². The van der Waals surface area contributed by atoms with Gasteiger partial charge in [-0.3, -0.25) is 14.4 Å². The van der Waals surface area contributed by atoms with Crippen LogP contribution in [0.2, 0.25) is 0 Å². The molecule has 0 heterocycles. The quantitative estimate of drug-likeness (QED) is 0.224. The second-order valence-electron chi connectivity index (χ2n) is 8.94. The molecule has 0 N–H and O–H groups in total. The topological polar surface area (TPSA) is 51.2 Å². The average Bonchev–Trinajstić information content (AvgIpc) is 2.60. The first kappa shape index (κ1) is 28.0. The van der Waals surface area contributed by atoms with Gasteiger partial charge in [-0.1, -0.05) is 46.6 Å². The number of hydrogen-bond acceptors (Lipinski definition) is 3. The fourth-order valence-corrected chi connectivity index (χ4v) is 3.23.